The number of ether oxygens (including phenoxy) is 1. The number of carboxylic acid groups (broad SMARTS) is 1. The molecular weight excluding hydrogens is 512 g/mol. The van der Waals surface area contributed by atoms with Crippen molar-refractivity contribution >= 4 is 28.3 Å². The van der Waals surface area contributed by atoms with Crippen LogP contribution in [0.2, 0.25) is 0 Å². The molecule has 2 fully saturated rings. The molecule has 1 aromatic carbocycles. The number of carbonyl (C=O) groups is 1. The van der Waals surface area contributed by atoms with Crippen molar-refractivity contribution in [2.24, 2.45) is 11.1 Å². The van der Waals surface area contributed by atoms with E-state index in [2.05, 4.69) is 10.1 Å². The lowest BCUT2D eigenvalue weighted by Gasteiger charge is -2.25. The number of anilines is 1. The Labute approximate surface area is 211 Å². The maximum Gasteiger partial charge on any atom is 0.433 e. The minimum Gasteiger partial charge on any atom is -0.492 e. The number of aromatic carboxylic acids is 1. The lowest BCUT2D eigenvalue weighted by Crippen LogP contribution is -2.26. The van der Waals surface area contributed by atoms with Crippen LogP contribution in [0.25, 0.3) is 10.9 Å². The van der Waals surface area contributed by atoms with E-state index in [9.17, 15) is 27.9 Å². The van der Waals surface area contributed by atoms with E-state index >= 15 is 4.39 Å². The highest BCUT2D eigenvalue weighted by Gasteiger charge is 2.45. The molecule has 9 nitrogen and oxygen atoms in total. The first-order valence-corrected chi connectivity index (χ1v) is 11.8. The predicted molar refractivity (Wildman–Crippen MR) is 126 cm³/mol. The average molecular weight is 532 g/mol. The standard InChI is InChI=1S/C25H20F4N4O5/c1-37-23-20-13(22(34)15(24(35)36)9-33(20)12-3-4-12)6-16(26)21(23)32-8-14-17(10-32)38-31-19(14)11-2-5-18(30-7-11)25(27,28)29/h2,5-7,9,12,14,17H,3-4,8,10H2,1H3,(H,35,36). The number of benzene rings is 1. The van der Waals surface area contributed by atoms with Crippen molar-refractivity contribution in [2.45, 2.75) is 31.2 Å². The van der Waals surface area contributed by atoms with Crippen LogP contribution in [0.1, 0.15) is 40.5 Å². The molecule has 1 aliphatic carbocycles. The summed E-state index contributed by atoms with van der Waals surface area (Å²) in [4.78, 5) is 35.3. The predicted octanol–water partition coefficient (Wildman–Crippen LogP) is 3.84. The number of aromatic nitrogens is 2. The van der Waals surface area contributed by atoms with E-state index in [1.165, 1.54) is 19.4 Å². The van der Waals surface area contributed by atoms with Crippen LogP contribution in [-0.2, 0) is 11.0 Å². The minimum absolute atomic E-state index is 0.0457. The molecule has 2 aromatic heterocycles. The lowest BCUT2D eigenvalue weighted by atomic mass is 9.96. The third kappa shape index (κ3) is 3.75. The van der Waals surface area contributed by atoms with Gasteiger partial charge in [-0.15, -0.1) is 0 Å². The largest absolute Gasteiger partial charge is 0.492 e. The van der Waals surface area contributed by atoms with Gasteiger partial charge < -0.3 is 24.1 Å². The molecular formula is C25H20F4N4O5. The summed E-state index contributed by atoms with van der Waals surface area (Å²) in [6.07, 6.45) is -1.16. The molecule has 2 unspecified atom stereocenters. The Morgan fingerprint density at radius 1 is 1.24 bits per heavy atom. The van der Waals surface area contributed by atoms with Gasteiger partial charge in [0.1, 0.15) is 16.9 Å². The molecule has 198 valence electrons. The van der Waals surface area contributed by atoms with Gasteiger partial charge in [0.25, 0.3) is 0 Å². The quantitative estimate of drug-likeness (QED) is 0.498. The van der Waals surface area contributed by atoms with Crippen LogP contribution < -0.4 is 15.1 Å². The van der Waals surface area contributed by atoms with E-state index in [0.29, 0.717) is 16.8 Å². The number of carboxylic acids is 1. The fraction of sp³-hybridized carbons (Fsp3) is 0.360. The zero-order valence-electron chi connectivity index (χ0n) is 19.8. The number of pyridine rings is 2. The highest BCUT2D eigenvalue weighted by atomic mass is 19.4. The molecule has 2 atom stereocenters. The summed E-state index contributed by atoms with van der Waals surface area (Å²) in [6, 6.07) is 3.13. The van der Waals surface area contributed by atoms with Crippen molar-refractivity contribution in [1.29, 1.82) is 0 Å². The molecule has 2 aliphatic heterocycles. The molecule has 38 heavy (non-hydrogen) atoms. The summed E-state index contributed by atoms with van der Waals surface area (Å²) >= 11 is 0. The monoisotopic (exact) mass is 532 g/mol. The van der Waals surface area contributed by atoms with Crippen LogP contribution in [0.15, 0.2) is 40.5 Å². The summed E-state index contributed by atoms with van der Waals surface area (Å²) in [7, 11) is 1.35. The van der Waals surface area contributed by atoms with Gasteiger partial charge in [-0.1, -0.05) is 5.16 Å². The zero-order valence-corrected chi connectivity index (χ0v) is 19.8. The van der Waals surface area contributed by atoms with Crippen LogP contribution in [0, 0.1) is 11.7 Å². The Kier molecular flexibility index (Phi) is 5.37. The molecule has 0 radical (unpaired) electrons. The van der Waals surface area contributed by atoms with Gasteiger partial charge in [-0.25, -0.2) is 9.18 Å². The summed E-state index contributed by atoms with van der Waals surface area (Å²) in [5.74, 6) is -2.46. The molecule has 0 spiro atoms. The molecule has 6 rings (SSSR count). The van der Waals surface area contributed by atoms with Gasteiger partial charge in [0, 0.05) is 30.5 Å². The third-order valence-corrected chi connectivity index (χ3v) is 7.14. The molecule has 4 heterocycles. The van der Waals surface area contributed by atoms with Crippen LogP contribution >= 0.6 is 0 Å². The Hall–Kier alpha value is -4.16. The second-order valence-electron chi connectivity index (χ2n) is 9.51. The number of fused-ring (bicyclic) bond motifs is 2. The van der Waals surface area contributed by atoms with Gasteiger partial charge in [-0.05, 0) is 31.0 Å². The van der Waals surface area contributed by atoms with Crippen molar-refractivity contribution in [3.05, 3.63) is 63.5 Å². The van der Waals surface area contributed by atoms with Crippen molar-refractivity contribution in [1.82, 2.24) is 9.55 Å². The van der Waals surface area contributed by atoms with E-state index in [4.69, 9.17) is 9.57 Å². The van der Waals surface area contributed by atoms with Crippen LogP contribution in [0.4, 0.5) is 23.2 Å². The normalized spacial score (nSPS) is 20.9. The van der Waals surface area contributed by atoms with Crippen molar-refractivity contribution < 1.29 is 37.0 Å². The van der Waals surface area contributed by atoms with Gasteiger partial charge in [0.05, 0.1) is 36.2 Å². The summed E-state index contributed by atoms with van der Waals surface area (Å²) < 4.78 is 61.7. The van der Waals surface area contributed by atoms with Gasteiger partial charge in [0.2, 0.25) is 5.43 Å². The topological polar surface area (TPSA) is 106 Å². The Balaban J connectivity index is 1.40. The Bertz CT molecular complexity index is 1560. The minimum atomic E-state index is -4.57. The number of hydrogen-bond donors (Lipinski definition) is 1. The number of methoxy groups -OCH3 is 1. The third-order valence-electron chi connectivity index (χ3n) is 7.14. The maximum atomic E-state index is 15.6. The molecule has 0 bridgehead atoms. The van der Waals surface area contributed by atoms with Gasteiger partial charge in [0.15, 0.2) is 17.7 Å². The summed E-state index contributed by atoms with van der Waals surface area (Å²) in [6.45, 7) is 0.412. The number of nitrogens with zero attached hydrogens (tertiary/aromatic N) is 4. The highest BCUT2D eigenvalue weighted by Crippen LogP contribution is 2.45. The van der Waals surface area contributed by atoms with Gasteiger partial charge >= 0.3 is 12.1 Å². The molecule has 1 saturated carbocycles. The van der Waals surface area contributed by atoms with Crippen LogP contribution in [-0.4, -0.2) is 52.6 Å². The van der Waals surface area contributed by atoms with E-state index in [1.807, 2.05) is 0 Å². The van der Waals surface area contributed by atoms with E-state index in [-0.39, 0.29) is 41.9 Å². The number of halogens is 4. The first kappa shape index (κ1) is 24.2. The first-order chi connectivity index (χ1) is 18.1. The van der Waals surface area contributed by atoms with Gasteiger partial charge in [-0.2, -0.15) is 13.2 Å². The maximum absolute atomic E-state index is 15.6. The molecule has 1 saturated heterocycles. The lowest BCUT2D eigenvalue weighted by molar-refractivity contribution is -0.141. The molecule has 0 amide bonds. The first-order valence-electron chi connectivity index (χ1n) is 11.8. The van der Waals surface area contributed by atoms with E-state index in [0.717, 1.165) is 31.2 Å². The Morgan fingerprint density at radius 3 is 2.61 bits per heavy atom. The average Bonchev–Trinajstić information content (AvgIpc) is 3.51. The summed E-state index contributed by atoms with van der Waals surface area (Å²) in [5.41, 5.74) is -1.13. The van der Waals surface area contributed by atoms with E-state index in [1.54, 1.807) is 9.47 Å². The van der Waals surface area contributed by atoms with Crippen LogP contribution in [0.5, 0.6) is 5.75 Å². The fourth-order valence-corrected chi connectivity index (χ4v) is 5.22. The summed E-state index contributed by atoms with van der Waals surface area (Å²) in [5, 5.41) is 13.5. The SMILES string of the molecule is COc1c(N2CC3ON=C(c4ccc(C(F)(F)F)nc4)C3C2)c(F)cc2c(=O)c(C(=O)O)cn(C3CC3)c12. The van der Waals surface area contributed by atoms with E-state index < -0.39 is 40.8 Å². The van der Waals surface area contributed by atoms with Crippen LogP contribution in [0.3, 0.4) is 0 Å². The molecule has 3 aliphatic rings. The number of rotatable bonds is 5. The highest BCUT2D eigenvalue weighted by molar-refractivity contribution is 6.04. The number of alkyl halides is 3. The molecule has 3 aromatic rings. The number of oxime groups is 1. The van der Waals surface area contributed by atoms with Crippen molar-refractivity contribution in [3.8, 4) is 5.75 Å². The van der Waals surface area contributed by atoms with Gasteiger partial charge in [-0.3, -0.25) is 9.78 Å². The molecule has 1 N–H and O–H groups in total. The zero-order chi connectivity index (χ0) is 26.9. The smallest absolute Gasteiger partial charge is 0.433 e. The second-order valence-corrected chi connectivity index (χ2v) is 9.51. The second kappa shape index (κ2) is 8.43. The Morgan fingerprint density at radius 2 is 2.00 bits per heavy atom. The van der Waals surface area contributed by atoms with Crippen molar-refractivity contribution in [3.63, 3.8) is 0 Å². The fourth-order valence-electron chi connectivity index (χ4n) is 5.22. The number of hydrogen-bond acceptors (Lipinski definition) is 7. The van der Waals surface area contributed by atoms with Crippen molar-refractivity contribution in [2.75, 3.05) is 25.1 Å². The molecule has 13 heteroatoms.